The molecular weight excluding hydrogens is 170 g/mol. The molecule has 1 heteroatoms. The summed E-state index contributed by atoms with van der Waals surface area (Å²) >= 11 is 0. The van der Waals surface area contributed by atoms with Crippen molar-refractivity contribution in [3.63, 3.8) is 0 Å². The second-order valence-corrected chi connectivity index (χ2v) is 5.26. The minimum Gasteiger partial charge on any atom is -0.303 e. The average molecular weight is 199 g/mol. The molecule has 0 heterocycles. The Labute approximate surface area is 90.9 Å². The van der Waals surface area contributed by atoms with Gasteiger partial charge in [0.05, 0.1) is 0 Å². The van der Waals surface area contributed by atoms with Gasteiger partial charge in [-0.2, -0.15) is 0 Å². The molecule has 86 valence electrons. The second kappa shape index (κ2) is 6.44. The van der Waals surface area contributed by atoms with Crippen molar-refractivity contribution in [2.75, 3.05) is 13.6 Å². The molecule has 0 aromatic carbocycles. The van der Waals surface area contributed by atoms with Crippen LogP contribution in [0, 0.1) is 5.41 Å². The van der Waals surface area contributed by atoms with Crippen LogP contribution in [0.15, 0.2) is 0 Å². The maximum Gasteiger partial charge on any atom is 0.00946 e. The average Bonchev–Trinajstić information content (AvgIpc) is 2.14. The molecule has 1 unspecified atom stereocenters. The molecule has 0 aliphatic heterocycles. The molecule has 1 atom stereocenters. The number of hydrogen-bond acceptors (Lipinski definition) is 1. The molecule has 1 nitrogen and oxygen atoms in total. The highest BCUT2D eigenvalue weighted by Gasteiger charge is 2.22. The van der Waals surface area contributed by atoms with E-state index < -0.39 is 0 Å². The Morgan fingerprint density at radius 3 is 2.07 bits per heavy atom. The molecule has 0 aromatic rings. The Bertz CT molecular complexity index is 140. The fourth-order valence-corrected chi connectivity index (χ4v) is 1.93. The van der Waals surface area contributed by atoms with Gasteiger partial charge in [0.25, 0.3) is 0 Å². The van der Waals surface area contributed by atoms with E-state index in [-0.39, 0.29) is 0 Å². The van der Waals surface area contributed by atoms with Gasteiger partial charge in [0.2, 0.25) is 0 Å². The van der Waals surface area contributed by atoms with E-state index in [2.05, 4.69) is 46.6 Å². The van der Waals surface area contributed by atoms with E-state index in [1.807, 2.05) is 0 Å². The molecule has 0 aliphatic carbocycles. The summed E-state index contributed by atoms with van der Waals surface area (Å²) < 4.78 is 0. The van der Waals surface area contributed by atoms with E-state index in [1.54, 1.807) is 0 Å². The summed E-state index contributed by atoms with van der Waals surface area (Å²) in [5, 5.41) is 0. The zero-order chi connectivity index (χ0) is 11.2. The van der Waals surface area contributed by atoms with Crippen molar-refractivity contribution in [3.05, 3.63) is 0 Å². The van der Waals surface area contributed by atoms with Crippen LogP contribution < -0.4 is 0 Å². The Morgan fingerprint density at radius 1 is 1.14 bits per heavy atom. The highest BCUT2D eigenvalue weighted by molar-refractivity contribution is 4.76. The Balaban J connectivity index is 4.14. The van der Waals surface area contributed by atoms with Crippen molar-refractivity contribution < 1.29 is 0 Å². The molecule has 0 N–H and O–H groups in total. The van der Waals surface area contributed by atoms with Gasteiger partial charge in [0.15, 0.2) is 0 Å². The van der Waals surface area contributed by atoms with E-state index in [0.29, 0.717) is 5.41 Å². The van der Waals surface area contributed by atoms with E-state index in [4.69, 9.17) is 0 Å². The number of hydrogen-bond donors (Lipinski definition) is 0. The summed E-state index contributed by atoms with van der Waals surface area (Å²) in [6.07, 6.45) is 5.15. The molecule has 0 aliphatic rings. The lowest BCUT2D eigenvalue weighted by Crippen LogP contribution is -2.35. The van der Waals surface area contributed by atoms with Crippen LogP contribution in [0.5, 0.6) is 0 Å². The lowest BCUT2D eigenvalue weighted by molar-refractivity contribution is 0.162. The van der Waals surface area contributed by atoms with Crippen LogP contribution in [0.4, 0.5) is 0 Å². The Kier molecular flexibility index (Phi) is 6.43. The highest BCUT2D eigenvalue weighted by atomic mass is 15.1. The molecule has 0 bridgehead atoms. The zero-order valence-electron chi connectivity index (χ0n) is 11.1. The van der Waals surface area contributed by atoms with E-state index in [1.165, 1.54) is 32.2 Å². The molecule has 0 saturated heterocycles. The van der Waals surface area contributed by atoms with Crippen LogP contribution >= 0.6 is 0 Å². The summed E-state index contributed by atoms with van der Waals surface area (Å²) in [5.74, 6) is 0. The van der Waals surface area contributed by atoms with Crippen molar-refractivity contribution >= 4 is 0 Å². The van der Waals surface area contributed by atoms with Gasteiger partial charge < -0.3 is 4.90 Å². The van der Waals surface area contributed by atoms with Crippen LogP contribution in [0.1, 0.15) is 60.3 Å². The predicted octanol–water partition coefficient (Wildman–Crippen LogP) is 3.93. The van der Waals surface area contributed by atoms with E-state index in [9.17, 15) is 0 Å². The summed E-state index contributed by atoms with van der Waals surface area (Å²) in [5.41, 5.74) is 0.503. The lowest BCUT2D eigenvalue weighted by Gasteiger charge is -2.34. The van der Waals surface area contributed by atoms with Crippen molar-refractivity contribution in [3.8, 4) is 0 Å². The van der Waals surface area contributed by atoms with Crippen LogP contribution in [0.2, 0.25) is 0 Å². The fraction of sp³-hybridized carbons (Fsp3) is 1.00. The van der Waals surface area contributed by atoms with E-state index in [0.717, 1.165) is 6.04 Å². The minimum absolute atomic E-state index is 0.503. The SMILES string of the molecule is CCCN(C)C(CC)CC(C)(C)CC. The summed E-state index contributed by atoms with van der Waals surface area (Å²) in [6, 6.07) is 0.768. The van der Waals surface area contributed by atoms with Crippen molar-refractivity contribution in [1.29, 1.82) is 0 Å². The third-order valence-corrected chi connectivity index (χ3v) is 3.42. The lowest BCUT2D eigenvalue weighted by atomic mass is 9.82. The van der Waals surface area contributed by atoms with Gasteiger partial charge in [0.1, 0.15) is 0 Å². The third kappa shape index (κ3) is 4.99. The molecule has 0 aromatic heterocycles. The van der Waals surface area contributed by atoms with Crippen LogP contribution in [0.3, 0.4) is 0 Å². The first kappa shape index (κ1) is 14.0. The second-order valence-electron chi connectivity index (χ2n) is 5.26. The third-order valence-electron chi connectivity index (χ3n) is 3.42. The van der Waals surface area contributed by atoms with E-state index >= 15 is 0 Å². The molecule has 0 radical (unpaired) electrons. The van der Waals surface area contributed by atoms with Crippen LogP contribution in [-0.2, 0) is 0 Å². The largest absolute Gasteiger partial charge is 0.303 e. The van der Waals surface area contributed by atoms with Crippen molar-refractivity contribution in [2.45, 2.75) is 66.3 Å². The molecule has 0 amide bonds. The predicted molar refractivity (Wildman–Crippen MR) is 65.7 cm³/mol. The standard InChI is InChI=1S/C13H29N/c1-7-10-14(6)12(8-2)11-13(4,5)9-3/h12H,7-11H2,1-6H3. The molecular formula is C13H29N. The zero-order valence-corrected chi connectivity index (χ0v) is 11.1. The maximum absolute atomic E-state index is 2.53. The Morgan fingerprint density at radius 2 is 1.71 bits per heavy atom. The van der Waals surface area contributed by atoms with Crippen LogP contribution in [-0.4, -0.2) is 24.5 Å². The van der Waals surface area contributed by atoms with Crippen LogP contribution in [0.25, 0.3) is 0 Å². The minimum atomic E-state index is 0.503. The Hall–Kier alpha value is -0.0400. The monoisotopic (exact) mass is 199 g/mol. The molecule has 0 rings (SSSR count). The first-order valence-corrected chi connectivity index (χ1v) is 6.17. The smallest absolute Gasteiger partial charge is 0.00946 e. The molecule has 0 saturated carbocycles. The van der Waals surface area contributed by atoms with Crippen molar-refractivity contribution in [2.24, 2.45) is 5.41 Å². The quantitative estimate of drug-likeness (QED) is 0.600. The van der Waals surface area contributed by atoms with Gasteiger partial charge in [-0.05, 0) is 38.3 Å². The van der Waals surface area contributed by atoms with Gasteiger partial charge in [0, 0.05) is 6.04 Å². The van der Waals surface area contributed by atoms with Gasteiger partial charge in [-0.15, -0.1) is 0 Å². The molecule has 0 spiro atoms. The fourth-order valence-electron chi connectivity index (χ4n) is 1.93. The first-order chi connectivity index (χ1) is 6.46. The highest BCUT2D eigenvalue weighted by Crippen LogP contribution is 2.28. The summed E-state index contributed by atoms with van der Waals surface area (Å²) in [7, 11) is 2.27. The molecule has 0 fully saturated rings. The number of rotatable bonds is 7. The summed E-state index contributed by atoms with van der Waals surface area (Å²) in [4.78, 5) is 2.53. The van der Waals surface area contributed by atoms with Gasteiger partial charge >= 0.3 is 0 Å². The van der Waals surface area contributed by atoms with Crippen molar-refractivity contribution in [1.82, 2.24) is 4.90 Å². The maximum atomic E-state index is 2.53. The van der Waals surface area contributed by atoms with Gasteiger partial charge in [-0.3, -0.25) is 0 Å². The normalized spacial score (nSPS) is 14.8. The first-order valence-electron chi connectivity index (χ1n) is 6.17. The number of nitrogens with zero attached hydrogens (tertiary/aromatic N) is 1. The topological polar surface area (TPSA) is 3.24 Å². The molecule has 14 heavy (non-hydrogen) atoms. The van der Waals surface area contributed by atoms with Gasteiger partial charge in [-0.25, -0.2) is 0 Å². The van der Waals surface area contributed by atoms with Gasteiger partial charge in [-0.1, -0.05) is 41.0 Å². The summed E-state index contributed by atoms with van der Waals surface area (Å²) in [6.45, 7) is 12.9.